The summed E-state index contributed by atoms with van der Waals surface area (Å²) in [5, 5.41) is 20.2. The first-order valence-electron chi connectivity index (χ1n) is 10.8. The Bertz CT molecular complexity index is 1340. The van der Waals surface area contributed by atoms with Gasteiger partial charge in [-0.05, 0) is 56.2 Å². The molecule has 170 valence electrons. The fourth-order valence-electron chi connectivity index (χ4n) is 3.61. The fourth-order valence-corrected chi connectivity index (χ4v) is 4.41. The Morgan fingerprint density at radius 3 is 2.67 bits per heavy atom. The first kappa shape index (κ1) is 22.6. The molecule has 0 bridgehead atoms. The van der Waals surface area contributed by atoms with Gasteiger partial charge in [0.1, 0.15) is 11.2 Å². The van der Waals surface area contributed by atoms with E-state index in [1.165, 1.54) is 11.8 Å². The number of nitrogens with one attached hydrogen (secondary N) is 3. The van der Waals surface area contributed by atoms with Crippen LogP contribution in [0.15, 0.2) is 53.7 Å². The highest BCUT2D eigenvalue weighted by Gasteiger charge is 2.17. The van der Waals surface area contributed by atoms with Gasteiger partial charge in [0.2, 0.25) is 5.91 Å². The molecule has 0 atom stereocenters. The van der Waals surface area contributed by atoms with E-state index in [2.05, 4.69) is 27.4 Å². The van der Waals surface area contributed by atoms with Crippen molar-refractivity contribution in [1.29, 1.82) is 5.41 Å². The van der Waals surface area contributed by atoms with Crippen LogP contribution in [0.5, 0.6) is 5.75 Å². The molecule has 1 amide bonds. The van der Waals surface area contributed by atoms with E-state index in [0.29, 0.717) is 34.0 Å². The molecule has 0 spiro atoms. The lowest BCUT2D eigenvalue weighted by atomic mass is 10.1. The molecule has 0 saturated carbocycles. The van der Waals surface area contributed by atoms with Crippen molar-refractivity contribution in [3.63, 3.8) is 0 Å². The molecule has 2 heterocycles. The zero-order chi connectivity index (χ0) is 23.4. The SMILES string of the molecule is CCOc1ccc(NC(=O)CSc2nc3n[nH]c(C)c3c(=N)n2-c2ccccc2CC)cc1. The maximum atomic E-state index is 12.7. The van der Waals surface area contributed by atoms with E-state index in [1.807, 2.05) is 62.4 Å². The summed E-state index contributed by atoms with van der Waals surface area (Å²) in [6.45, 7) is 6.47. The van der Waals surface area contributed by atoms with E-state index in [4.69, 9.17) is 10.1 Å². The third kappa shape index (κ3) is 4.78. The summed E-state index contributed by atoms with van der Waals surface area (Å²) in [5.41, 5.74) is 4.22. The van der Waals surface area contributed by atoms with E-state index in [-0.39, 0.29) is 11.7 Å². The van der Waals surface area contributed by atoms with Gasteiger partial charge in [0.05, 0.1) is 23.4 Å². The predicted molar refractivity (Wildman–Crippen MR) is 130 cm³/mol. The van der Waals surface area contributed by atoms with Crippen molar-refractivity contribution in [3.8, 4) is 11.4 Å². The van der Waals surface area contributed by atoms with Gasteiger partial charge < -0.3 is 10.1 Å². The molecule has 0 aliphatic rings. The molecule has 8 nitrogen and oxygen atoms in total. The van der Waals surface area contributed by atoms with E-state index in [9.17, 15) is 4.79 Å². The minimum Gasteiger partial charge on any atom is -0.494 e. The maximum absolute atomic E-state index is 12.7. The van der Waals surface area contributed by atoms with Crippen molar-refractivity contribution in [2.45, 2.75) is 32.3 Å². The standard InChI is InChI=1S/C24H26N6O2S/c1-4-16-8-6-7-9-19(16)30-22(25)21-15(3)28-29-23(21)27-24(30)33-14-20(31)26-17-10-12-18(13-11-17)32-5-2/h6-13,25H,4-5,14H2,1-3H3,(H,26,31)(H,28,29). The van der Waals surface area contributed by atoms with E-state index in [0.717, 1.165) is 29.1 Å². The number of carbonyl (C=O) groups is 1. The minimum atomic E-state index is -0.161. The summed E-state index contributed by atoms with van der Waals surface area (Å²) in [6.07, 6.45) is 0.813. The van der Waals surface area contributed by atoms with Crippen molar-refractivity contribution >= 4 is 34.4 Å². The first-order chi connectivity index (χ1) is 16.0. The monoisotopic (exact) mass is 462 g/mol. The van der Waals surface area contributed by atoms with Gasteiger partial charge in [-0.25, -0.2) is 4.98 Å². The second-order valence-corrected chi connectivity index (χ2v) is 8.34. The van der Waals surface area contributed by atoms with E-state index in [1.54, 1.807) is 4.57 Å². The van der Waals surface area contributed by atoms with Crippen molar-refractivity contribution in [2.24, 2.45) is 0 Å². The number of H-pyrrole nitrogens is 1. The molecule has 4 rings (SSSR count). The molecule has 4 aromatic rings. The van der Waals surface area contributed by atoms with E-state index >= 15 is 0 Å². The van der Waals surface area contributed by atoms with Gasteiger partial charge in [-0.2, -0.15) is 5.10 Å². The lowest BCUT2D eigenvalue weighted by Gasteiger charge is -2.16. The number of aryl methyl sites for hydroxylation is 2. The number of thioether (sulfide) groups is 1. The third-order valence-corrected chi connectivity index (χ3v) is 6.11. The number of anilines is 1. The number of aromatic amines is 1. The highest BCUT2D eigenvalue weighted by Crippen LogP contribution is 2.24. The number of rotatable bonds is 8. The predicted octanol–water partition coefficient (Wildman–Crippen LogP) is 4.23. The molecule has 3 N–H and O–H groups in total. The number of hydrogen-bond donors (Lipinski definition) is 3. The Hall–Kier alpha value is -3.59. The Morgan fingerprint density at radius 2 is 1.94 bits per heavy atom. The summed E-state index contributed by atoms with van der Waals surface area (Å²) < 4.78 is 7.24. The van der Waals surface area contributed by atoms with Gasteiger partial charge in [0.25, 0.3) is 0 Å². The maximum Gasteiger partial charge on any atom is 0.234 e. The smallest absolute Gasteiger partial charge is 0.234 e. The highest BCUT2D eigenvalue weighted by atomic mass is 32.2. The van der Waals surface area contributed by atoms with E-state index < -0.39 is 0 Å². The topological polar surface area (TPSA) is 109 Å². The number of amides is 1. The Morgan fingerprint density at radius 1 is 1.18 bits per heavy atom. The van der Waals surface area contributed by atoms with Gasteiger partial charge in [0.15, 0.2) is 10.8 Å². The molecule has 33 heavy (non-hydrogen) atoms. The molecule has 2 aromatic heterocycles. The average Bonchev–Trinajstić information content (AvgIpc) is 3.20. The molecule has 2 aromatic carbocycles. The van der Waals surface area contributed by atoms with Crippen LogP contribution in [0.25, 0.3) is 16.7 Å². The van der Waals surface area contributed by atoms with Crippen LogP contribution in [-0.2, 0) is 11.2 Å². The zero-order valence-corrected chi connectivity index (χ0v) is 19.6. The summed E-state index contributed by atoms with van der Waals surface area (Å²) >= 11 is 1.28. The third-order valence-electron chi connectivity index (χ3n) is 5.18. The van der Waals surface area contributed by atoms with Crippen LogP contribution in [0.2, 0.25) is 0 Å². The van der Waals surface area contributed by atoms with Crippen molar-refractivity contribution < 1.29 is 9.53 Å². The quantitative estimate of drug-likeness (QED) is 0.268. The van der Waals surface area contributed by atoms with Gasteiger partial charge in [-0.1, -0.05) is 36.9 Å². The second kappa shape index (κ2) is 9.91. The molecule has 9 heteroatoms. The molecule has 0 saturated heterocycles. The number of carbonyl (C=O) groups excluding carboxylic acids is 1. The molecular weight excluding hydrogens is 436 g/mol. The van der Waals surface area contributed by atoms with Gasteiger partial charge in [0, 0.05) is 11.4 Å². The van der Waals surface area contributed by atoms with Gasteiger partial charge in [-0.3, -0.25) is 19.9 Å². The van der Waals surface area contributed by atoms with Crippen molar-refractivity contribution in [2.75, 3.05) is 17.7 Å². The molecular formula is C24H26N6O2S. The number of fused-ring (bicyclic) bond motifs is 1. The highest BCUT2D eigenvalue weighted by molar-refractivity contribution is 7.99. The Labute approximate surface area is 195 Å². The van der Waals surface area contributed by atoms with Crippen LogP contribution >= 0.6 is 11.8 Å². The lowest BCUT2D eigenvalue weighted by molar-refractivity contribution is -0.113. The van der Waals surface area contributed by atoms with Gasteiger partial charge in [-0.15, -0.1) is 0 Å². The van der Waals surface area contributed by atoms with Crippen LogP contribution in [0, 0.1) is 12.3 Å². The first-order valence-corrected chi connectivity index (χ1v) is 11.8. The lowest BCUT2D eigenvalue weighted by Crippen LogP contribution is -2.24. The Kier molecular flexibility index (Phi) is 6.79. The number of hydrogen-bond acceptors (Lipinski definition) is 6. The molecule has 0 aliphatic heterocycles. The van der Waals surface area contributed by atoms with Crippen LogP contribution in [0.1, 0.15) is 25.1 Å². The minimum absolute atomic E-state index is 0.142. The average molecular weight is 463 g/mol. The van der Waals surface area contributed by atoms with Crippen LogP contribution < -0.4 is 15.5 Å². The van der Waals surface area contributed by atoms with Crippen LogP contribution in [0.4, 0.5) is 5.69 Å². The largest absolute Gasteiger partial charge is 0.494 e. The zero-order valence-electron chi connectivity index (χ0n) is 18.8. The number of para-hydroxylation sites is 1. The number of benzene rings is 2. The molecule has 0 radical (unpaired) electrons. The number of nitrogens with zero attached hydrogens (tertiary/aromatic N) is 3. The second-order valence-electron chi connectivity index (χ2n) is 7.40. The molecule has 0 aliphatic carbocycles. The van der Waals surface area contributed by atoms with Crippen molar-refractivity contribution in [3.05, 3.63) is 65.3 Å². The normalized spacial score (nSPS) is 11.0. The fraction of sp³-hybridized carbons (Fsp3) is 0.250. The van der Waals surface area contributed by atoms with Crippen LogP contribution in [-0.4, -0.2) is 38.0 Å². The molecule has 0 unspecified atom stereocenters. The summed E-state index contributed by atoms with van der Waals surface area (Å²) in [7, 11) is 0. The summed E-state index contributed by atoms with van der Waals surface area (Å²) in [4.78, 5) is 17.3. The molecule has 0 fully saturated rings. The Balaban J connectivity index is 1.63. The van der Waals surface area contributed by atoms with Crippen molar-refractivity contribution in [1.82, 2.24) is 19.7 Å². The number of ether oxygens (including phenoxy) is 1. The summed E-state index contributed by atoms with van der Waals surface area (Å²) in [6, 6.07) is 15.2. The summed E-state index contributed by atoms with van der Waals surface area (Å²) in [5.74, 6) is 0.740. The van der Waals surface area contributed by atoms with Gasteiger partial charge >= 0.3 is 0 Å². The van der Waals surface area contributed by atoms with Crippen LogP contribution in [0.3, 0.4) is 0 Å². The number of aromatic nitrogens is 4.